The zero-order valence-corrected chi connectivity index (χ0v) is 9.83. The molecule has 0 bridgehead atoms. The Balaban J connectivity index is 2.34. The first-order valence-electron chi connectivity index (χ1n) is 4.46. The van der Waals surface area contributed by atoms with E-state index >= 15 is 0 Å². The van der Waals surface area contributed by atoms with E-state index in [-0.39, 0.29) is 16.3 Å². The first kappa shape index (κ1) is 11.1. The molecule has 2 aromatic rings. The average molecular weight is 256 g/mol. The van der Waals surface area contributed by atoms with Crippen LogP contribution in [0.15, 0.2) is 24.3 Å². The molecule has 0 aliphatic heterocycles. The fourth-order valence-corrected chi connectivity index (χ4v) is 1.35. The molecular formula is C10H7Cl2N3O. The van der Waals surface area contributed by atoms with Crippen LogP contribution in [0.25, 0.3) is 0 Å². The summed E-state index contributed by atoms with van der Waals surface area (Å²) in [5.74, 6) is 0.803. The Morgan fingerprint density at radius 1 is 1.12 bits per heavy atom. The molecule has 0 aliphatic carbocycles. The minimum Gasteiger partial charge on any atom is -0.436 e. The lowest BCUT2D eigenvalue weighted by atomic mass is 10.2. The molecule has 0 aliphatic rings. The Kier molecular flexibility index (Phi) is 3.22. The van der Waals surface area contributed by atoms with E-state index in [0.717, 1.165) is 5.56 Å². The van der Waals surface area contributed by atoms with Crippen molar-refractivity contribution in [2.45, 2.75) is 6.92 Å². The quantitative estimate of drug-likeness (QED) is 0.827. The topological polar surface area (TPSA) is 47.9 Å². The predicted molar refractivity (Wildman–Crippen MR) is 61.1 cm³/mol. The van der Waals surface area contributed by atoms with Crippen molar-refractivity contribution >= 4 is 23.2 Å². The zero-order valence-electron chi connectivity index (χ0n) is 8.32. The van der Waals surface area contributed by atoms with Gasteiger partial charge in [-0.2, -0.15) is 4.98 Å². The molecule has 0 radical (unpaired) electrons. The molecule has 0 spiro atoms. The summed E-state index contributed by atoms with van der Waals surface area (Å²) in [6.07, 6.45) is 0. The van der Waals surface area contributed by atoms with Crippen molar-refractivity contribution in [2.24, 2.45) is 0 Å². The molecule has 0 atom stereocenters. The number of para-hydroxylation sites is 1. The van der Waals surface area contributed by atoms with Gasteiger partial charge in [0.2, 0.25) is 10.4 Å². The number of nitrogens with zero attached hydrogens (tertiary/aromatic N) is 3. The molecule has 0 saturated heterocycles. The highest BCUT2D eigenvalue weighted by molar-refractivity contribution is 6.31. The summed E-state index contributed by atoms with van der Waals surface area (Å²) in [5, 5.41) is 7.17. The molecule has 0 saturated carbocycles. The van der Waals surface area contributed by atoms with E-state index in [1.54, 1.807) is 0 Å². The maximum atomic E-state index is 5.78. The molecule has 0 unspecified atom stereocenters. The number of hydrogen-bond donors (Lipinski definition) is 0. The summed E-state index contributed by atoms with van der Waals surface area (Å²) >= 11 is 11.4. The number of hydrogen-bond acceptors (Lipinski definition) is 4. The summed E-state index contributed by atoms with van der Waals surface area (Å²) in [6, 6.07) is 7.49. The molecule has 0 fully saturated rings. The van der Waals surface area contributed by atoms with Crippen molar-refractivity contribution in [2.75, 3.05) is 0 Å². The number of halogens is 2. The third-order valence-electron chi connectivity index (χ3n) is 1.89. The minimum absolute atomic E-state index is 0.00650. The van der Waals surface area contributed by atoms with Gasteiger partial charge in [-0.25, -0.2) is 0 Å². The summed E-state index contributed by atoms with van der Waals surface area (Å²) in [5.41, 5.74) is 0.966. The van der Waals surface area contributed by atoms with Crippen LogP contribution in [0.2, 0.25) is 10.4 Å². The summed E-state index contributed by atoms with van der Waals surface area (Å²) in [4.78, 5) is 3.85. The number of aryl methyl sites for hydroxylation is 1. The lowest BCUT2D eigenvalue weighted by Gasteiger charge is -2.07. The van der Waals surface area contributed by atoms with Crippen LogP contribution in [0.3, 0.4) is 0 Å². The SMILES string of the molecule is Cc1ccccc1Oc1nc(Cl)nnc1Cl. The van der Waals surface area contributed by atoms with E-state index in [4.69, 9.17) is 27.9 Å². The van der Waals surface area contributed by atoms with Gasteiger partial charge in [-0.05, 0) is 30.2 Å². The Morgan fingerprint density at radius 2 is 1.88 bits per heavy atom. The van der Waals surface area contributed by atoms with Crippen molar-refractivity contribution in [1.82, 2.24) is 15.2 Å². The predicted octanol–water partition coefficient (Wildman–Crippen LogP) is 3.28. The van der Waals surface area contributed by atoms with Gasteiger partial charge in [-0.15, -0.1) is 10.2 Å². The Hall–Kier alpha value is -1.39. The molecule has 16 heavy (non-hydrogen) atoms. The van der Waals surface area contributed by atoms with Crippen LogP contribution in [0.4, 0.5) is 0 Å². The molecule has 1 heterocycles. The van der Waals surface area contributed by atoms with Gasteiger partial charge >= 0.3 is 0 Å². The van der Waals surface area contributed by atoms with E-state index in [1.165, 1.54) is 0 Å². The summed E-state index contributed by atoms with van der Waals surface area (Å²) in [6.45, 7) is 1.92. The van der Waals surface area contributed by atoms with Gasteiger partial charge in [0, 0.05) is 0 Å². The van der Waals surface area contributed by atoms with E-state index in [2.05, 4.69) is 15.2 Å². The number of benzene rings is 1. The molecule has 6 heteroatoms. The monoisotopic (exact) mass is 255 g/mol. The van der Waals surface area contributed by atoms with Crippen LogP contribution < -0.4 is 4.74 Å². The van der Waals surface area contributed by atoms with Gasteiger partial charge in [0.05, 0.1) is 0 Å². The van der Waals surface area contributed by atoms with Crippen molar-refractivity contribution in [3.63, 3.8) is 0 Å². The lowest BCUT2D eigenvalue weighted by molar-refractivity contribution is 0.454. The summed E-state index contributed by atoms with van der Waals surface area (Å²) in [7, 11) is 0. The van der Waals surface area contributed by atoms with E-state index in [1.807, 2.05) is 31.2 Å². The second kappa shape index (κ2) is 4.63. The molecule has 4 nitrogen and oxygen atoms in total. The highest BCUT2D eigenvalue weighted by Crippen LogP contribution is 2.27. The van der Waals surface area contributed by atoms with Gasteiger partial charge in [0.1, 0.15) is 5.75 Å². The highest BCUT2D eigenvalue weighted by atomic mass is 35.5. The molecule has 1 aromatic heterocycles. The number of aromatic nitrogens is 3. The van der Waals surface area contributed by atoms with E-state index in [0.29, 0.717) is 5.75 Å². The zero-order chi connectivity index (χ0) is 11.5. The number of rotatable bonds is 2. The van der Waals surface area contributed by atoms with Crippen LogP contribution in [-0.4, -0.2) is 15.2 Å². The Bertz CT molecular complexity index is 519. The highest BCUT2D eigenvalue weighted by Gasteiger charge is 2.09. The Morgan fingerprint density at radius 3 is 2.62 bits per heavy atom. The van der Waals surface area contributed by atoms with Crippen LogP contribution in [0.5, 0.6) is 11.6 Å². The van der Waals surface area contributed by atoms with Crippen LogP contribution in [0, 0.1) is 6.92 Å². The minimum atomic E-state index is -0.00650. The maximum absolute atomic E-state index is 5.78. The third-order valence-corrected chi connectivity index (χ3v) is 2.29. The van der Waals surface area contributed by atoms with E-state index in [9.17, 15) is 0 Å². The van der Waals surface area contributed by atoms with Crippen LogP contribution in [0.1, 0.15) is 5.56 Å². The molecule has 1 aromatic carbocycles. The smallest absolute Gasteiger partial charge is 0.262 e. The molecular weight excluding hydrogens is 249 g/mol. The van der Waals surface area contributed by atoms with Crippen LogP contribution in [-0.2, 0) is 0 Å². The van der Waals surface area contributed by atoms with Crippen molar-refractivity contribution < 1.29 is 4.74 Å². The first-order valence-corrected chi connectivity index (χ1v) is 5.21. The van der Waals surface area contributed by atoms with Gasteiger partial charge in [0.25, 0.3) is 5.88 Å². The van der Waals surface area contributed by atoms with Crippen molar-refractivity contribution in [3.8, 4) is 11.6 Å². The molecule has 0 N–H and O–H groups in total. The van der Waals surface area contributed by atoms with Crippen LogP contribution >= 0.6 is 23.2 Å². The molecule has 0 amide bonds. The van der Waals surface area contributed by atoms with Crippen molar-refractivity contribution in [3.05, 3.63) is 40.3 Å². The van der Waals surface area contributed by atoms with Gasteiger partial charge in [-0.3, -0.25) is 0 Å². The second-order valence-electron chi connectivity index (χ2n) is 3.04. The first-order chi connectivity index (χ1) is 7.66. The van der Waals surface area contributed by atoms with Gasteiger partial charge in [-0.1, -0.05) is 29.8 Å². The average Bonchev–Trinajstić information content (AvgIpc) is 2.27. The van der Waals surface area contributed by atoms with Gasteiger partial charge in [0.15, 0.2) is 0 Å². The number of ether oxygens (including phenoxy) is 1. The van der Waals surface area contributed by atoms with Crippen molar-refractivity contribution in [1.29, 1.82) is 0 Å². The Labute approximate surface area is 102 Å². The fraction of sp³-hybridized carbons (Fsp3) is 0.100. The molecule has 2 rings (SSSR count). The largest absolute Gasteiger partial charge is 0.436 e. The fourth-order valence-electron chi connectivity index (χ4n) is 1.12. The standard InChI is InChI=1S/C10H7Cl2N3O/c1-6-4-2-3-5-7(6)16-9-8(11)14-15-10(12)13-9/h2-5H,1H3. The third kappa shape index (κ3) is 2.40. The summed E-state index contributed by atoms with van der Waals surface area (Å²) < 4.78 is 5.49. The maximum Gasteiger partial charge on any atom is 0.262 e. The normalized spacial score (nSPS) is 10.2. The van der Waals surface area contributed by atoms with E-state index < -0.39 is 0 Å². The second-order valence-corrected chi connectivity index (χ2v) is 3.74. The molecule has 82 valence electrons. The lowest BCUT2D eigenvalue weighted by Crippen LogP contribution is -1.95. The van der Waals surface area contributed by atoms with Gasteiger partial charge < -0.3 is 4.74 Å².